The highest BCUT2D eigenvalue weighted by Gasteiger charge is 2.22. The zero-order valence-electron chi connectivity index (χ0n) is 12.4. The summed E-state index contributed by atoms with van der Waals surface area (Å²) in [6.45, 7) is 1.78. The number of hydrogen-bond acceptors (Lipinski definition) is 3. The highest BCUT2D eigenvalue weighted by atomic mass is 16.5. The van der Waals surface area contributed by atoms with Crippen LogP contribution in [-0.2, 0) is 9.53 Å². The quantitative estimate of drug-likeness (QED) is 0.533. The molecule has 2 aromatic carbocycles. The molecule has 112 valence electrons. The van der Waals surface area contributed by atoms with Gasteiger partial charge in [-0.25, -0.2) is 9.59 Å². The monoisotopic (exact) mass is 296 g/mol. The minimum Gasteiger partial charge on any atom is -0.478 e. The molecule has 0 radical (unpaired) electrons. The average Bonchev–Trinajstić information content (AvgIpc) is 2.55. The van der Waals surface area contributed by atoms with Crippen molar-refractivity contribution >= 4 is 23.1 Å². The van der Waals surface area contributed by atoms with Crippen LogP contribution in [0.1, 0.15) is 28.4 Å². The molecule has 0 fully saturated rings. The van der Waals surface area contributed by atoms with Gasteiger partial charge in [0.15, 0.2) is 0 Å². The number of benzene rings is 2. The van der Waals surface area contributed by atoms with Crippen LogP contribution in [0.3, 0.4) is 0 Å². The summed E-state index contributed by atoms with van der Waals surface area (Å²) in [4.78, 5) is 23.7. The van der Waals surface area contributed by atoms with Crippen molar-refractivity contribution in [2.45, 2.75) is 6.92 Å². The van der Waals surface area contributed by atoms with Crippen LogP contribution in [0.4, 0.5) is 0 Å². The Morgan fingerprint density at radius 3 is 2.00 bits per heavy atom. The molecule has 4 heteroatoms. The van der Waals surface area contributed by atoms with Gasteiger partial charge in [0, 0.05) is 5.56 Å². The first-order valence-electron chi connectivity index (χ1n) is 6.73. The van der Waals surface area contributed by atoms with Crippen molar-refractivity contribution in [1.82, 2.24) is 0 Å². The van der Waals surface area contributed by atoms with Crippen molar-refractivity contribution in [2.75, 3.05) is 7.11 Å². The van der Waals surface area contributed by atoms with Gasteiger partial charge in [-0.2, -0.15) is 0 Å². The highest BCUT2D eigenvalue weighted by Crippen LogP contribution is 2.29. The van der Waals surface area contributed by atoms with E-state index in [2.05, 4.69) is 0 Å². The molecule has 0 saturated carbocycles. The van der Waals surface area contributed by atoms with Crippen LogP contribution in [-0.4, -0.2) is 24.2 Å². The van der Waals surface area contributed by atoms with E-state index in [0.29, 0.717) is 11.1 Å². The van der Waals surface area contributed by atoms with Crippen molar-refractivity contribution in [2.24, 2.45) is 0 Å². The van der Waals surface area contributed by atoms with Crippen LogP contribution in [0.5, 0.6) is 0 Å². The molecule has 0 aliphatic rings. The lowest BCUT2D eigenvalue weighted by molar-refractivity contribution is -0.133. The number of methoxy groups -OCH3 is 1. The Labute approximate surface area is 128 Å². The van der Waals surface area contributed by atoms with Crippen molar-refractivity contribution in [3.8, 4) is 0 Å². The largest absolute Gasteiger partial charge is 0.478 e. The summed E-state index contributed by atoms with van der Waals surface area (Å²) in [5, 5.41) is 9.35. The molecule has 0 atom stereocenters. The molecule has 0 aromatic heterocycles. The Morgan fingerprint density at radius 2 is 1.45 bits per heavy atom. The van der Waals surface area contributed by atoms with E-state index < -0.39 is 11.9 Å². The van der Waals surface area contributed by atoms with E-state index in [1.807, 2.05) is 30.3 Å². The van der Waals surface area contributed by atoms with Crippen molar-refractivity contribution in [3.05, 3.63) is 71.3 Å². The molecule has 2 rings (SSSR count). The lowest BCUT2D eigenvalue weighted by atomic mass is 9.92. The topological polar surface area (TPSA) is 63.6 Å². The summed E-state index contributed by atoms with van der Waals surface area (Å²) in [5.41, 5.74) is 2.18. The lowest BCUT2D eigenvalue weighted by Crippen LogP contribution is -2.10. The standard InChI is InChI=1S/C18H16O4/c1-12(13-8-4-3-5-9-13)16(18(21)22-2)14-10-6-7-11-15(14)17(19)20/h3-11H,1-2H3,(H,19,20). The second-order valence-electron chi connectivity index (χ2n) is 4.71. The van der Waals surface area contributed by atoms with Gasteiger partial charge in [-0.1, -0.05) is 48.5 Å². The van der Waals surface area contributed by atoms with Gasteiger partial charge in [-0.3, -0.25) is 0 Å². The summed E-state index contributed by atoms with van der Waals surface area (Å²) in [7, 11) is 1.28. The number of ether oxygens (including phenoxy) is 1. The van der Waals surface area contributed by atoms with Crippen molar-refractivity contribution in [1.29, 1.82) is 0 Å². The first kappa shape index (κ1) is 15.5. The summed E-state index contributed by atoms with van der Waals surface area (Å²) in [6, 6.07) is 15.7. The van der Waals surface area contributed by atoms with Gasteiger partial charge in [0.05, 0.1) is 18.2 Å². The van der Waals surface area contributed by atoms with Crippen molar-refractivity contribution in [3.63, 3.8) is 0 Å². The molecule has 4 nitrogen and oxygen atoms in total. The molecule has 0 unspecified atom stereocenters. The van der Waals surface area contributed by atoms with Gasteiger partial charge in [0.2, 0.25) is 0 Å². The molecule has 0 bridgehead atoms. The van der Waals surface area contributed by atoms with E-state index in [1.54, 1.807) is 25.1 Å². The lowest BCUT2D eigenvalue weighted by Gasteiger charge is -2.13. The predicted molar refractivity (Wildman–Crippen MR) is 84.3 cm³/mol. The molecular formula is C18H16O4. The summed E-state index contributed by atoms with van der Waals surface area (Å²) in [6.07, 6.45) is 0. The van der Waals surface area contributed by atoms with Crippen LogP contribution in [0, 0.1) is 0 Å². The zero-order valence-corrected chi connectivity index (χ0v) is 12.4. The summed E-state index contributed by atoms with van der Waals surface area (Å²) >= 11 is 0. The number of esters is 1. The second-order valence-corrected chi connectivity index (χ2v) is 4.71. The van der Waals surface area contributed by atoms with E-state index in [9.17, 15) is 14.7 Å². The van der Waals surface area contributed by atoms with Crippen molar-refractivity contribution < 1.29 is 19.4 Å². The zero-order chi connectivity index (χ0) is 16.1. The Kier molecular flexibility index (Phi) is 4.73. The molecule has 0 aliphatic carbocycles. The van der Waals surface area contributed by atoms with E-state index in [4.69, 9.17) is 4.74 Å². The number of hydrogen-bond donors (Lipinski definition) is 1. The third-order valence-corrected chi connectivity index (χ3v) is 3.40. The fourth-order valence-electron chi connectivity index (χ4n) is 2.29. The Morgan fingerprint density at radius 1 is 0.909 bits per heavy atom. The molecule has 0 heterocycles. The number of carbonyl (C=O) groups is 2. The third-order valence-electron chi connectivity index (χ3n) is 3.40. The van der Waals surface area contributed by atoms with Gasteiger partial charge in [0.1, 0.15) is 0 Å². The smallest absolute Gasteiger partial charge is 0.338 e. The number of aromatic carboxylic acids is 1. The number of carbonyl (C=O) groups excluding carboxylic acids is 1. The molecule has 0 spiro atoms. The minimum atomic E-state index is -1.09. The van der Waals surface area contributed by atoms with Gasteiger partial charge >= 0.3 is 11.9 Å². The summed E-state index contributed by atoms with van der Waals surface area (Å²) < 4.78 is 4.85. The molecular weight excluding hydrogens is 280 g/mol. The predicted octanol–water partition coefficient (Wildman–Crippen LogP) is 3.49. The number of carboxylic acid groups (broad SMARTS) is 1. The molecule has 2 aromatic rings. The number of allylic oxidation sites excluding steroid dienone is 1. The van der Waals surface area contributed by atoms with Crippen LogP contribution in [0.15, 0.2) is 54.6 Å². The maximum Gasteiger partial charge on any atom is 0.338 e. The molecule has 0 amide bonds. The maximum atomic E-state index is 12.2. The Balaban J connectivity index is 2.73. The van der Waals surface area contributed by atoms with Gasteiger partial charge in [0.25, 0.3) is 0 Å². The SMILES string of the molecule is COC(=O)C(=C(C)c1ccccc1)c1ccccc1C(=O)O. The van der Waals surface area contributed by atoms with E-state index in [1.165, 1.54) is 13.2 Å². The molecule has 1 N–H and O–H groups in total. The van der Waals surface area contributed by atoms with E-state index in [-0.39, 0.29) is 11.1 Å². The second kappa shape index (κ2) is 6.72. The fraction of sp³-hybridized carbons (Fsp3) is 0.111. The minimum absolute atomic E-state index is 0.0678. The maximum absolute atomic E-state index is 12.2. The highest BCUT2D eigenvalue weighted by molar-refractivity contribution is 6.26. The third kappa shape index (κ3) is 3.06. The molecule has 0 aliphatic heterocycles. The average molecular weight is 296 g/mol. The van der Waals surface area contributed by atoms with Crippen LogP contribution >= 0.6 is 0 Å². The van der Waals surface area contributed by atoms with Crippen LogP contribution in [0.25, 0.3) is 11.1 Å². The van der Waals surface area contributed by atoms with Crippen LogP contribution in [0.2, 0.25) is 0 Å². The normalized spacial score (nSPS) is 11.5. The van der Waals surface area contributed by atoms with Gasteiger partial charge < -0.3 is 9.84 Å². The molecule has 22 heavy (non-hydrogen) atoms. The van der Waals surface area contributed by atoms with E-state index in [0.717, 1.165) is 5.56 Å². The first-order chi connectivity index (χ1) is 10.6. The first-order valence-corrected chi connectivity index (χ1v) is 6.73. The van der Waals surface area contributed by atoms with Gasteiger partial charge in [-0.15, -0.1) is 0 Å². The molecule has 0 saturated heterocycles. The summed E-state index contributed by atoms with van der Waals surface area (Å²) in [5.74, 6) is -1.65. The van der Waals surface area contributed by atoms with E-state index >= 15 is 0 Å². The number of rotatable bonds is 4. The Bertz CT molecular complexity index is 730. The van der Waals surface area contributed by atoms with Gasteiger partial charge in [-0.05, 0) is 24.1 Å². The number of carboxylic acids is 1. The Hall–Kier alpha value is -2.88. The fourth-order valence-corrected chi connectivity index (χ4v) is 2.29. The van der Waals surface area contributed by atoms with Crippen LogP contribution < -0.4 is 0 Å².